The molecule has 0 fully saturated rings. The van der Waals surface area contributed by atoms with Crippen molar-refractivity contribution in [3.05, 3.63) is 191 Å². The third-order valence-corrected chi connectivity index (χ3v) is 15.0. The summed E-state index contributed by atoms with van der Waals surface area (Å²) in [6.07, 6.45) is 1.97. The highest BCUT2D eigenvalue weighted by Crippen LogP contribution is 2.45. The Labute approximate surface area is 444 Å². The van der Waals surface area contributed by atoms with E-state index in [2.05, 4.69) is 245 Å². The van der Waals surface area contributed by atoms with Crippen LogP contribution < -0.4 is 0 Å². The Hall–Kier alpha value is -7.75. The van der Waals surface area contributed by atoms with Crippen molar-refractivity contribution in [2.75, 3.05) is 0 Å². The standard InChI is InChI=1S/C69H71N5O/c1-65(2,3)45-25-27-59-55(38-45)56-40-49(69(13,14)15)39-54(63(56)73(59)51-21-18-17-19-22-51)42-29-30-71-58(34-42)44-31-43(32-46(33-44)66(4,5)6)53-23-20-24-60-62(53)72-64(57-41-50(70-16)26-28-61(57)75)74(60)52-36-47(67(7,8)9)35-48(37-52)68(10,11)12/h17-41,75H,1-15H3. The van der Waals surface area contributed by atoms with Crippen LogP contribution in [0.1, 0.15) is 132 Å². The smallest absolute Gasteiger partial charge is 0.188 e. The molecule has 6 nitrogen and oxygen atoms in total. The van der Waals surface area contributed by atoms with Crippen LogP contribution in [-0.2, 0) is 27.1 Å². The molecule has 10 aromatic rings. The zero-order valence-electron chi connectivity index (χ0n) is 46.6. The summed E-state index contributed by atoms with van der Waals surface area (Å²) in [6, 6.07) is 52.2. The molecule has 0 aliphatic rings. The summed E-state index contributed by atoms with van der Waals surface area (Å²) in [6.45, 7) is 42.0. The third-order valence-electron chi connectivity index (χ3n) is 15.0. The first kappa shape index (κ1) is 50.8. The molecule has 0 saturated carbocycles. The number of imidazole rings is 1. The second-order valence-corrected chi connectivity index (χ2v) is 25.8. The van der Waals surface area contributed by atoms with Crippen LogP contribution in [0.5, 0.6) is 5.75 Å². The summed E-state index contributed by atoms with van der Waals surface area (Å²) in [5.41, 5.74) is 18.7. The van der Waals surface area contributed by atoms with E-state index in [0.717, 1.165) is 55.9 Å². The van der Waals surface area contributed by atoms with Crippen molar-refractivity contribution in [3.8, 4) is 62.0 Å². The SMILES string of the molecule is [C-]#[N+]c1ccc(O)c(-c2nc3c(-c4cc(-c5cc(-c6cc(C(C)(C)C)cc7c8cc(C(C)(C)C)ccc8n(-c8ccccc8)c67)ccn5)cc(C(C)(C)C)c4)cccc3n2-c2cc(C(C)(C)C)cc(C(C)(C)C)c2)c1. The van der Waals surface area contributed by atoms with Gasteiger partial charge in [-0.3, -0.25) is 9.55 Å². The van der Waals surface area contributed by atoms with E-state index < -0.39 is 0 Å². The van der Waals surface area contributed by atoms with Crippen molar-refractivity contribution in [2.45, 2.75) is 131 Å². The van der Waals surface area contributed by atoms with Gasteiger partial charge in [-0.2, -0.15) is 0 Å². The summed E-state index contributed by atoms with van der Waals surface area (Å²) in [5.74, 6) is 0.634. The summed E-state index contributed by atoms with van der Waals surface area (Å²) in [7, 11) is 0. The second-order valence-electron chi connectivity index (χ2n) is 25.8. The number of phenolic OH excluding ortho intramolecular Hbond substituents is 1. The van der Waals surface area contributed by atoms with Gasteiger partial charge >= 0.3 is 0 Å². The number of benzene rings is 7. The lowest BCUT2D eigenvalue weighted by Gasteiger charge is -2.27. The van der Waals surface area contributed by atoms with Crippen molar-refractivity contribution in [3.63, 3.8) is 0 Å². The normalized spacial score (nSPS) is 12.8. The van der Waals surface area contributed by atoms with E-state index in [1.54, 1.807) is 18.2 Å². The molecule has 0 radical (unpaired) electrons. The predicted octanol–water partition coefficient (Wildman–Crippen LogP) is 18.9. The van der Waals surface area contributed by atoms with Gasteiger partial charge in [0, 0.05) is 50.6 Å². The maximum absolute atomic E-state index is 11.6. The molecule has 0 spiro atoms. The summed E-state index contributed by atoms with van der Waals surface area (Å²) < 4.78 is 4.63. The molecule has 1 N–H and O–H groups in total. The highest BCUT2D eigenvalue weighted by atomic mass is 16.3. The van der Waals surface area contributed by atoms with E-state index in [4.69, 9.17) is 16.5 Å². The average Bonchev–Trinajstić information content (AvgIpc) is 3.94. The molecule has 10 rings (SSSR count). The van der Waals surface area contributed by atoms with Gasteiger partial charge in [0.2, 0.25) is 0 Å². The number of hydrogen-bond acceptors (Lipinski definition) is 3. The molecule has 3 heterocycles. The van der Waals surface area contributed by atoms with Crippen LogP contribution in [0.3, 0.4) is 0 Å². The van der Waals surface area contributed by atoms with Gasteiger partial charge in [-0.25, -0.2) is 9.83 Å². The molecule has 7 aromatic carbocycles. The van der Waals surface area contributed by atoms with E-state index >= 15 is 0 Å². The molecule has 0 amide bonds. The van der Waals surface area contributed by atoms with Crippen LogP contribution >= 0.6 is 0 Å². The number of aromatic hydroxyl groups is 1. The first-order valence-corrected chi connectivity index (χ1v) is 26.4. The Morgan fingerprint density at radius 2 is 1.05 bits per heavy atom. The van der Waals surface area contributed by atoms with Crippen molar-refractivity contribution in [1.29, 1.82) is 0 Å². The Balaban J connectivity index is 1.23. The number of aromatic nitrogens is 4. The first-order chi connectivity index (χ1) is 35.2. The number of rotatable bonds is 6. The lowest BCUT2D eigenvalue weighted by atomic mass is 9.80. The first-order valence-electron chi connectivity index (χ1n) is 26.4. The zero-order chi connectivity index (χ0) is 53.7. The summed E-state index contributed by atoms with van der Waals surface area (Å²) in [4.78, 5) is 14.5. The fourth-order valence-electron chi connectivity index (χ4n) is 10.4. The highest BCUT2D eigenvalue weighted by Gasteiger charge is 2.28. The Morgan fingerprint density at radius 3 is 1.69 bits per heavy atom. The topological polar surface area (TPSA) is 60.2 Å². The van der Waals surface area contributed by atoms with Crippen molar-refractivity contribution >= 4 is 38.5 Å². The van der Waals surface area contributed by atoms with E-state index in [-0.39, 0.29) is 32.8 Å². The van der Waals surface area contributed by atoms with Crippen LogP contribution in [0.25, 0.3) is 94.0 Å². The highest BCUT2D eigenvalue weighted by molar-refractivity contribution is 6.14. The molecule has 3 aromatic heterocycles. The van der Waals surface area contributed by atoms with Gasteiger partial charge in [0.1, 0.15) is 11.6 Å². The minimum atomic E-state index is -0.209. The number of para-hydroxylation sites is 2. The molecule has 0 aliphatic carbocycles. The Bertz CT molecular complexity index is 3880. The largest absolute Gasteiger partial charge is 0.507 e. The molecule has 0 atom stereocenters. The van der Waals surface area contributed by atoms with Crippen LogP contribution in [0, 0.1) is 6.57 Å². The molecule has 0 aliphatic heterocycles. The molecule has 0 bridgehead atoms. The monoisotopic (exact) mass is 986 g/mol. The summed E-state index contributed by atoms with van der Waals surface area (Å²) in [5, 5.41) is 14.1. The van der Waals surface area contributed by atoms with Crippen molar-refractivity contribution < 1.29 is 5.11 Å². The minimum Gasteiger partial charge on any atom is -0.507 e. The van der Waals surface area contributed by atoms with Gasteiger partial charge < -0.3 is 9.67 Å². The van der Waals surface area contributed by atoms with E-state index in [9.17, 15) is 5.11 Å². The third kappa shape index (κ3) is 9.44. The lowest BCUT2D eigenvalue weighted by molar-refractivity contribution is 0.477. The number of fused-ring (bicyclic) bond motifs is 4. The zero-order valence-corrected chi connectivity index (χ0v) is 46.6. The summed E-state index contributed by atoms with van der Waals surface area (Å²) >= 11 is 0. The number of hydrogen-bond donors (Lipinski definition) is 1. The van der Waals surface area contributed by atoms with Gasteiger partial charge in [0.15, 0.2) is 5.69 Å². The van der Waals surface area contributed by atoms with Crippen LogP contribution in [0.15, 0.2) is 152 Å². The molecule has 378 valence electrons. The molecular weight excluding hydrogens is 915 g/mol. The second kappa shape index (κ2) is 18.0. The van der Waals surface area contributed by atoms with Crippen LogP contribution in [0.2, 0.25) is 0 Å². The number of pyridine rings is 1. The fraction of sp³-hybridized carbons (Fsp3) is 0.290. The van der Waals surface area contributed by atoms with Crippen molar-refractivity contribution in [1.82, 2.24) is 19.1 Å². The fourth-order valence-corrected chi connectivity index (χ4v) is 10.4. The minimum absolute atomic E-state index is 0.0176. The van der Waals surface area contributed by atoms with Crippen LogP contribution in [-0.4, -0.2) is 24.2 Å². The van der Waals surface area contributed by atoms with Gasteiger partial charge in [0.05, 0.1) is 34.3 Å². The van der Waals surface area contributed by atoms with Gasteiger partial charge in [-0.1, -0.05) is 158 Å². The quantitative estimate of drug-likeness (QED) is 0.169. The maximum atomic E-state index is 11.6. The predicted molar refractivity (Wildman–Crippen MR) is 316 cm³/mol. The van der Waals surface area contributed by atoms with Gasteiger partial charge in [0.25, 0.3) is 0 Å². The molecule has 6 heteroatoms. The molecule has 0 unspecified atom stereocenters. The lowest BCUT2D eigenvalue weighted by Crippen LogP contribution is -2.17. The maximum Gasteiger partial charge on any atom is 0.188 e. The molecular formula is C69H71N5O. The van der Waals surface area contributed by atoms with Gasteiger partial charge in [-0.05, 0) is 157 Å². The van der Waals surface area contributed by atoms with E-state index in [1.807, 2.05) is 6.20 Å². The molecule has 75 heavy (non-hydrogen) atoms. The van der Waals surface area contributed by atoms with Gasteiger partial charge in [-0.15, -0.1) is 0 Å². The Morgan fingerprint density at radius 1 is 0.440 bits per heavy atom. The molecule has 0 saturated heterocycles. The van der Waals surface area contributed by atoms with Crippen LogP contribution in [0.4, 0.5) is 5.69 Å². The van der Waals surface area contributed by atoms with Crippen molar-refractivity contribution in [2.24, 2.45) is 0 Å². The number of phenols is 1. The van der Waals surface area contributed by atoms with E-state index in [0.29, 0.717) is 17.1 Å². The Kier molecular flexibility index (Phi) is 12.2. The average molecular weight is 986 g/mol. The van der Waals surface area contributed by atoms with E-state index in [1.165, 1.54) is 49.6 Å². The number of nitrogens with zero attached hydrogens (tertiary/aromatic N) is 5.